The van der Waals surface area contributed by atoms with E-state index in [2.05, 4.69) is 0 Å². The van der Waals surface area contributed by atoms with Gasteiger partial charge in [0.2, 0.25) is 0 Å². The zero-order chi connectivity index (χ0) is 16.8. The van der Waals surface area contributed by atoms with E-state index in [0.717, 1.165) is 17.6 Å². The molecular weight excluding hydrogens is 347 g/mol. The van der Waals surface area contributed by atoms with E-state index in [1.807, 2.05) is 13.8 Å². The Morgan fingerprint density at radius 2 is 1.91 bits per heavy atom. The van der Waals surface area contributed by atoms with E-state index in [4.69, 9.17) is 13.2 Å². The lowest BCUT2D eigenvalue weighted by Crippen LogP contribution is -2.05. The minimum atomic E-state index is -3.63. The molecule has 0 N–H and O–H groups in total. The summed E-state index contributed by atoms with van der Waals surface area (Å²) in [6, 6.07) is 5.96. The monoisotopic (exact) mass is 368 g/mol. The molecule has 0 heterocycles. The van der Waals surface area contributed by atoms with E-state index in [-0.39, 0.29) is 18.1 Å². The molecule has 1 aromatic carbocycles. The van der Waals surface area contributed by atoms with Crippen LogP contribution < -0.4 is 8.71 Å². The van der Waals surface area contributed by atoms with Gasteiger partial charge in [-0.2, -0.15) is 8.42 Å². The normalized spacial score (nSPS) is 14.6. The molecule has 1 unspecified atom stereocenters. The molecule has 1 aromatic rings. The van der Waals surface area contributed by atoms with Crippen LogP contribution in [-0.4, -0.2) is 27.0 Å². The Morgan fingerprint density at radius 1 is 1.27 bits per heavy atom. The molecule has 0 spiro atoms. The van der Waals surface area contributed by atoms with Crippen LogP contribution >= 0.6 is 18.2 Å². The molecule has 9 heteroatoms. The molecule has 1 atom stereocenters. The van der Waals surface area contributed by atoms with Crippen molar-refractivity contribution in [2.75, 3.05) is 18.6 Å². The summed E-state index contributed by atoms with van der Waals surface area (Å²) in [7, 11) is -3.63. The molecule has 0 aliphatic heterocycles. The van der Waals surface area contributed by atoms with Gasteiger partial charge in [-0.1, -0.05) is 19.9 Å². The van der Waals surface area contributed by atoms with Gasteiger partial charge in [0.15, 0.2) is 0 Å². The summed E-state index contributed by atoms with van der Waals surface area (Å²) >= 11 is 1.12. The Bertz CT molecular complexity index is 629. The third-order valence-corrected chi connectivity index (χ3v) is 6.70. The van der Waals surface area contributed by atoms with Crippen molar-refractivity contribution < 1.29 is 26.2 Å². The predicted molar refractivity (Wildman–Crippen MR) is 89.1 cm³/mol. The fraction of sp³-hybridized carbons (Fsp3) is 0.538. The first-order valence-electron chi connectivity index (χ1n) is 6.72. The molecule has 0 aliphatic rings. The second-order valence-electron chi connectivity index (χ2n) is 4.91. The van der Waals surface area contributed by atoms with E-state index in [0.29, 0.717) is 11.7 Å². The molecule has 0 saturated carbocycles. The molecule has 0 fully saturated rings. The molecule has 0 saturated heterocycles. The highest BCUT2D eigenvalue weighted by Crippen LogP contribution is 2.60. The van der Waals surface area contributed by atoms with Crippen LogP contribution in [0.4, 0.5) is 0 Å². The SMILES string of the molecule is CCOP(=O)(Oc1cccc(OS(C)(=O)=O)c1)SCC(C)C. The van der Waals surface area contributed by atoms with Gasteiger partial charge in [0.1, 0.15) is 11.5 Å². The van der Waals surface area contributed by atoms with E-state index < -0.39 is 16.9 Å². The number of hydrogen-bond donors (Lipinski definition) is 0. The van der Waals surface area contributed by atoms with Crippen molar-refractivity contribution in [3.05, 3.63) is 24.3 Å². The summed E-state index contributed by atoms with van der Waals surface area (Å²) in [6.45, 7) is 2.64. The Kier molecular flexibility index (Phi) is 7.25. The van der Waals surface area contributed by atoms with Gasteiger partial charge >= 0.3 is 16.9 Å². The average molecular weight is 368 g/mol. The average Bonchev–Trinajstić information content (AvgIpc) is 2.35. The fourth-order valence-electron chi connectivity index (χ4n) is 1.38. The van der Waals surface area contributed by atoms with Gasteiger partial charge in [0, 0.05) is 11.8 Å². The summed E-state index contributed by atoms with van der Waals surface area (Å²) in [5.74, 6) is 1.28. The Hall–Kier alpha value is -0.690. The van der Waals surface area contributed by atoms with Gasteiger partial charge in [-0.15, -0.1) is 0 Å². The minimum Gasteiger partial charge on any atom is -0.417 e. The molecule has 0 amide bonds. The second-order valence-corrected chi connectivity index (χ2v) is 10.5. The molecule has 6 nitrogen and oxygen atoms in total. The Morgan fingerprint density at radius 3 is 2.45 bits per heavy atom. The first kappa shape index (κ1) is 19.4. The maximum Gasteiger partial charge on any atom is 0.440 e. The van der Waals surface area contributed by atoms with Crippen molar-refractivity contribution in [2.45, 2.75) is 20.8 Å². The Labute approximate surface area is 135 Å². The molecule has 1 rings (SSSR count). The molecule has 0 radical (unpaired) electrons. The van der Waals surface area contributed by atoms with Crippen LogP contribution in [0, 0.1) is 5.92 Å². The first-order valence-corrected chi connectivity index (χ1v) is 11.7. The van der Waals surface area contributed by atoms with Crippen molar-refractivity contribution in [2.24, 2.45) is 5.92 Å². The highest BCUT2D eigenvalue weighted by atomic mass is 32.7. The second kappa shape index (κ2) is 8.24. The lowest BCUT2D eigenvalue weighted by atomic mass is 10.3. The van der Waals surface area contributed by atoms with Crippen LogP contribution in [0.25, 0.3) is 0 Å². The zero-order valence-electron chi connectivity index (χ0n) is 13.0. The highest BCUT2D eigenvalue weighted by molar-refractivity contribution is 8.55. The summed E-state index contributed by atoms with van der Waals surface area (Å²) in [6.07, 6.45) is 0.949. The molecule has 0 bridgehead atoms. The van der Waals surface area contributed by atoms with Crippen molar-refractivity contribution in [3.63, 3.8) is 0 Å². The van der Waals surface area contributed by atoms with Gasteiger partial charge < -0.3 is 8.71 Å². The van der Waals surface area contributed by atoms with Gasteiger partial charge in [0.05, 0.1) is 12.9 Å². The molecule has 0 aliphatic carbocycles. The number of benzene rings is 1. The maximum absolute atomic E-state index is 12.6. The van der Waals surface area contributed by atoms with E-state index in [1.54, 1.807) is 19.1 Å². The van der Waals surface area contributed by atoms with E-state index >= 15 is 0 Å². The standard InChI is InChI=1S/C13H21O6PS2/c1-5-17-20(14,21-10-11(2)3)18-12-7-6-8-13(9-12)19-22(4,15)16/h6-9,11H,5,10H2,1-4H3. The van der Waals surface area contributed by atoms with Gasteiger partial charge in [-0.05, 0) is 36.4 Å². The molecule has 22 heavy (non-hydrogen) atoms. The lowest BCUT2D eigenvalue weighted by Gasteiger charge is -2.18. The molecular formula is C13H21O6PS2. The summed E-state index contributed by atoms with van der Waals surface area (Å²) in [5.41, 5.74) is 0. The quantitative estimate of drug-likeness (QED) is 0.482. The van der Waals surface area contributed by atoms with Crippen LogP contribution in [0.3, 0.4) is 0 Å². The minimum absolute atomic E-state index is 0.0944. The van der Waals surface area contributed by atoms with Crippen LogP contribution in [0.5, 0.6) is 11.5 Å². The van der Waals surface area contributed by atoms with Crippen molar-refractivity contribution >= 4 is 28.3 Å². The van der Waals surface area contributed by atoms with Gasteiger partial charge in [-0.25, -0.2) is 4.57 Å². The van der Waals surface area contributed by atoms with Gasteiger partial charge in [0.25, 0.3) is 0 Å². The third-order valence-electron chi connectivity index (χ3n) is 2.12. The summed E-state index contributed by atoms with van der Waals surface area (Å²) < 4.78 is 50.4. The lowest BCUT2D eigenvalue weighted by molar-refractivity contribution is 0.296. The van der Waals surface area contributed by atoms with Crippen LogP contribution in [-0.2, 0) is 19.2 Å². The predicted octanol–water partition coefficient (Wildman–Crippen LogP) is 3.94. The van der Waals surface area contributed by atoms with Crippen molar-refractivity contribution in [1.29, 1.82) is 0 Å². The summed E-state index contributed by atoms with van der Waals surface area (Å²) in [5, 5.41) is 0. The van der Waals surface area contributed by atoms with E-state index in [1.165, 1.54) is 12.1 Å². The Balaban J connectivity index is 2.89. The largest absolute Gasteiger partial charge is 0.440 e. The van der Waals surface area contributed by atoms with Crippen molar-refractivity contribution in [3.8, 4) is 11.5 Å². The molecule has 0 aromatic heterocycles. The van der Waals surface area contributed by atoms with Gasteiger partial charge in [-0.3, -0.25) is 4.52 Å². The zero-order valence-corrected chi connectivity index (χ0v) is 15.5. The fourth-order valence-corrected chi connectivity index (χ4v) is 5.58. The van der Waals surface area contributed by atoms with E-state index in [9.17, 15) is 13.0 Å². The topological polar surface area (TPSA) is 78.9 Å². The van der Waals surface area contributed by atoms with Crippen molar-refractivity contribution in [1.82, 2.24) is 0 Å². The third kappa shape index (κ3) is 7.54. The van der Waals surface area contributed by atoms with Crippen LogP contribution in [0.15, 0.2) is 24.3 Å². The molecule has 126 valence electrons. The van der Waals surface area contributed by atoms with Crippen LogP contribution in [0.1, 0.15) is 20.8 Å². The number of rotatable bonds is 9. The maximum atomic E-state index is 12.6. The van der Waals surface area contributed by atoms with Crippen LogP contribution in [0.2, 0.25) is 0 Å². The first-order chi connectivity index (χ1) is 10.1. The smallest absolute Gasteiger partial charge is 0.417 e. The number of hydrogen-bond acceptors (Lipinski definition) is 7. The summed E-state index contributed by atoms with van der Waals surface area (Å²) in [4.78, 5) is 0. The highest BCUT2D eigenvalue weighted by Gasteiger charge is 2.27.